The molecule has 1 unspecified atom stereocenters. The number of quaternary nitrogens is 1. The summed E-state index contributed by atoms with van der Waals surface area (Å²) in [6.07, 6.45) is 2.32. The summed E-state index contributed by atoms with van der Waals surface area (Å²) in [5.41, 5.74) is 0.431. The molecule has 1 aliphatic heterocycles. The van der Waals surface area contributed by atoms with Gasteiger partial charge in [0, 0.05) is 6.61 Å². The zero-order valence-electron chi connectivity index (χ0n) is 13.8. The predicted molar refractivity (Wildman–Crippen MR) is 97.7 cm³/mol. The normalized spacial score (nSPS) is 18.2. The van der Waals surface area contributed by atoms with E-state index < -0.39 is 5.82 Å². The molecule has 1 fully saturated rings. The molecule has 134 valence electrons. The highest BCUT2D eigenvalue weighted by Crippen LogP contribution is 2.22. The van der Waals surface area contributed by atoms with Crippen LogP contribution in [0.4, 0.5) is 10.1 Å². The van der Waals surface area contributed by atoms with Crippen molar-refractivity contribution in [2.75, 3.05) is 25.0 Å². The predicted octanol–water partition coefficient (Wildman–Crippen LogP) is 2.74. The summed E-state index contributed by atoms with van der Waals surface area (Å²) < 4.78 is 18.8. The summed E-state index contributed by atoms with van der Waals surface area (Å²) >= 11 is 7.67. The number of nitrogens with one attached hydrogen (secondary N) is 2. The maximum absolute atomic E-state index is 13.1. The van der Waals surface area contributed by atoms with Crippen molar-refractivity contribution in [1.29, 1.82) is 0 Å². The van der Waals surface area contributed by atoms with Crippen LogP contribution < -0.4 is 10.2 Å². The van der Waals surface area contributed by atoms with Gasteiger partial charge in [0.25, 0.3) is 5.91 Å². The van der Waals surface area contributed by atoms with Gasteiger partial charge in [-0.2, -0.15) is 0 Å². The Balaban J connectivity index is 1.62. The Morgan fingerprint density at radius 3 is 3.00 bits per heavy atom. The molecule has 3 rings (SSSR count). The lowest BCUT2D eigenvalue weighted by Gasteiger charge is -2.21. The second-order valence-electron chi connectivity index (χ2n) is 6.19. The van der Waals surface area contributed by atoms with Crippen LogP contribution in [0.25, 0.3) is 0 Å². The number of thiophene rings is 1. The van der Waals surface area contributed by atoms with Gasteiger partial charge in [-0.3, -0.25) is 4.79 Å². The van der Waals surface area contributed by atoms with Gasteiger partial charge in [-0.1, -0.05) is 17.7 Å². The van der Waals surface area contributed by atoms with Gasteiger partial charge in [-0.05, 0) is 42.5 Å². The second kappa shape index (κ2) is 8.76. The highest BCUT2D eigenvalue weighted by atomic mass is 35.5. The van der Waals surface area contributed by atoms with Crippen molar-refractivity contribution in [3.8, 4) is 0 Å². The maximum Gasteiger partial charge on any atom is 0.279 e. The molecule has 2 N–H and O–H groups in total. The Labute approximate surface area is 155 Å². The Bertz CT molecular complexity index is 705. The van der Waals surface area contributed by atoms with Crippen LogP contribution in [-0.2, 0) is 16.1 Å². The number of hydrogen-bond donors (Lipinski definition) is 2. The molecule has 25 heavy (non-hydrogen) atoms. The summed E-state index contributed by atoms with van der Waals surface area (Å²) in [6, 6.07) is 8.05. The average molecular weight is 384 g/mol. The average Bonchev–Trinajstić information content (AvgIpc) is 3.24. The van der Waals surface area contributed by atoms with E-state index in [0.717, 1.165) is 37.4 Å². The fourth-order valence-corrected chi connectivity index (χ4v) is 4.00. The Hall–Kier alpha value is -1.47. The fourth-order valence-electron chi connectivity index (χ4n) is 3.01. The molecule has 1 saturated heterocycles. The quantitative estimate of drug-likeness (QED) is 0.772. The number of hydrogen-bond acceptors (Lipinski definition) is 3. The lowest BCUT2D eigenvalue weighted by Crippen LogP contribution is -3.12. The lowest BCUT2D eigenvalue weighted by molar-refractivity contribution is -0.908. The van der Waals surface area contributed by atoms with Crippen LogP contribution in [-0.4, -0.2) is 31.7 Å². The SMILES string of the molecule is O=C(C[NH+](Cc1cccs1)C[C@H]1CCCO1)Nc1ccc(F)cc1Cl. The highest BCUT2D eigenvalue weighted by molar-refractivity contribution is 7.09. The van der Waals surface area contributed by atoms with Crippen molar-refractivity contribution < 1.29 is 18.8 Å². The molecule has 1 amide bonds. The first-order valence-corrected chi connectivity index (χ1v) is 9.58. The third-order valence-electron chi connectivity index (χ3n) is 4.16. The lowest BCUT2D eigenvalue weighted by atomic mass is 10.2. The fraction of sp³-hybridized carbons (Fsp3) is 0.389. The van der Waals surface area contributed by atoms with E-state index in [2.05, 4.69) is 11.4 Å². The number of carbonyl (C=O) groups excluding carboxylic acids is 1. The molecule has 2 atom stereocenters. The molecule has 2 aromatic rings. The van der Waals surface area contributed by atoms with Gasteiger partial charge in [-0.25, -0.2) is 4.39 Å². The molecule has 0 saturated carbocycles. The summed E-state index contributed by atoms with van der Waals surface area (Å²) in [7, 11) is 0. The molecule has 1 aliphatic rings. The minimum Gasteiger partial charge on any atom is -0.372 e. The van der Waals surface area contributed by atoms with Crippen LogP contribution in [0, 0.1) is 5.82 Å². The Morgan fingerprint density at radius 2 is 2.32 bits per heavy atom. The van der Waals surface area contributed by atoms with Gasteiger partial charge in [0.2, 0.25) is 0 Å². The van der Waals surface area contributed by atoms with E-state index in [4.69, 9.17) is 16.3 Å². The molecule has 7 heteroatoms. The minimum atomic E-state index is -0.425. The van der Waals surface area contributed by atoms with Crippen LogP contribution >= 0.6 is 22.9 Å². The third-order valence-corrected chi connectivity index (χ3v) is 5.35. The van der Waals surface area contributed by atoms with Crippen molar-refractivity contribution in [3.05, 3.63) is 51.4 Å². The molecular weight excluding hydrogens is 363 g/mol. The zero-order valence-corrected chi connectivity index (χ0v) is 15.3. The largest absolute Gasteiger partial charge is 0.372 e. The van der Waals surface area contributed by atoms with E-state index in [0.29, 0.717) is 12.2 Å². The van der Waals surface area contributed by atoms with E-state index in [9.17, 15) is 9.18 Å². The van der Waals surface area contributed by atoms with Crippen LogP contribution in [0.3, 0.4) is 0 Å². The van der Waals surface area contributed by atoms with Crippen LogP contribution in [0.15, 0.2) is 35.7 Å². The first-order valence-electron chi connectivity index (χ1n) is 8.32. The monoisotopic (exact) mass is 383 g/mol. The van der Waals surface area contributed by atoms with Gasteiger partial charge in [-0.15, -0.1) is 11.3 Å². The van der Waals surface area contributed by atoms with Crippen LogP contribution in [0.5, 0.6) is 0 Å². The van der Waals surface area contributed by atoms with Gasteiger partial charge < -0.3 is 15.0 Å². The number of ether oxygens (including phenoxy) is 1. The Kier molecular flexibility index (Phi) is 6.42. The molecule has 4 nitrogen and oxygen atoms in total. The molecule has 0 bridgehead atoms. The van der Waals surface area contributed by atoms with Gasteiger partial charge in [0.15, 0.2) is 6.54 Å². The molecule has 0 spiro atoms. The van der Waals surface area contributed by atoms with Crippen molar-refractivity contribution in [3.63, 3.8) is 0 Å². The number of benzene rings is 1. The number of amides is 1. The molecular formula is C18H21ClFN2O2S+. The molecule has 1 aromatic heterocycles. The smallest absolute Gasteiger partial charge is 0.279 e. The minimum absolute atomic E-state index is 0.141. The van der Waals surface area contributed by atoms with E-state index >= 15 is 0 Å². The molecule has 0 aliphatic carbocycles. The number of anilines is 1. The summed E-state index contributed by atoms with van der Waals surface area (Å²) in [5, 5.41) is 5.02. The molecule has 0 radical (unpaired) electrons. The van der Waals surface area contributed by atoms with Crippen LogP contribution in [0.1, 0.15) is 17.7 Å². The van der Waals surface area contributed by atoms with Crippen molar-refractivity contribution in [1.82, 2.24) is 0 Å². The van der Waals surface area contributed by atoms with Crippen molar-refractivity contribution in [2.45, 2.75) is 25.5 Å². The summed E-state index contributed by atoms with van der Waals surface area (Å²) in [4.78, 5) is 14.8. The second-order valence-corrected chi connectivity index (χ2v) is 7.63. The van der Waals surface area contributed by atoms with E-state index in [1.165, 1.54) is 23.1 Å². The van der Waals surface area contributed by atoms with Gasteiger partial charge >= 0.3 is 0 Å². The zero-order chi connectivity index (χ0) is 17.6. The molecule has 1 aromatic carbocycles. The first kappa shape index (κ1) is 18.3. The van der Waals surface area contributed by atoms with E-state index in [1.54, 1.807) is 11.3 Å². The number of rotatable bonds is 7. The maximum atomic E-state index is 13.1. The Morgan fingerprint density at radius 1 is 1.44 bits per heavy atom. The third kappa shape index (κ3) is 5.51. The van der Waals surface area contributed by atoms with Crippen molar-refractivity contribution >= 4 is 34.5 Å². The topological polar surface area (TPSA) is 42.8 Å². The number of halogens is 2. The standard InChI is InChI=1S/C18H20ClFN2O2S/c19-16-9-13(20)5-6-17(16)21-18(23)12-22(10-14-3-1-7-24-14)11-15-4-2-8-25-15/h2,4-6,8-9,14H,1,3,7,10-12H2,(H,21,23)/p+1/t14-/m1/s1. The number of carbonyl (C=O) groups is 1. The summed E-state index contributed by atoms with van der Waals surface area (Å²) in [6.45, 7) is 2.68. The van der Waals surface area contributed by atoms with Gasteiger partial charge in [0.05, 0.1) is 15.6 Å². The van der Waals surface area contributed by atoms with E-state index in [-0.39, 0.29) is 17.0 Å². The van der Waals surface area contributed by atoms with Gasteiger partial charge in [0.1, 0.15) is 25.0 Å². The first-order chi connectivity index (χ1) is 12.1. The van der Waals surface area contributed by atoms with E-state index in [1.807, 2.05) is 11.4 Å². The highest BCUT2D eigenvalue weighted by Gasteiger charge is 2.24. The molecule has 2 heterocycles. The summed E-state index contributed by atoms with van der Waals surface area (Å²) in [5.74, 6) is -0.565. The van der Waals surface area contributed by atoms with Crippen LogP contribution in [0.2, 0.25) is 5.02 Å². The van der Waals surface area contributed by atoms with Crippen molar-refractivity contribution in [2.24, 2.45) is 0 Å².